The van der Waals surface area contributed by atoms with Gasteiger partial charge in [-0.2, -0.15) is 0 Å². The number of carbonyl (C=O) groups is 2. The third-order valence-corrected chi connectivity index (χ3v) is 4.23. The van der Waals surface area contributed by atoms with E-state index >= 15 is 0 Å². The largest absolute Gasteiger partial charge is 0.344 e. The van der Waals surface area contributed by atoms with Crippen molar-refractivity contribution in [1.82, 2.24) is 10.2 Å². The van der Waals surface area contributed by atoms with Crippen LogP contribution in [0.3, 0.4) is 0 Å². The molecule has 1 N–H and O–H groups in total. The zero-order valence-corrected chi connectivity index (χ0v) is 13.4. The zero-order valence-electron chi connectivity index (χ0n) is 11.9. The monoisotopic (exact) mass is 328 g/mol. The van der Waals surface area contributed by atoms with E-state index in [2.05, 4.69) is 5.32 Å². The summed E-state index contributed by atoms with van der Waals surface area (Å²) >= 11 is 11.9. The Morgan fingerprint density at radius 3 is 2.71 bits per heavy atom. The maximum atomic E-state index is 12.5. The van der Waals surface area contributed by atoms with Crippen LogP contribution in [0.2, 0.25) is 10.0 Å². The summed E-state index contributed by atoms with van der Waals surface area (Å²) in [5.74, 6) is -0.104. The van der Waals surface area contributed by atoms with Crippen molar-refractivity contribution in [1.29, 1.82) is 0 Å². The molecule has 1 fully saturated rings. The minimum absolute atomic E-state index is 0.0335. The van der Waals surface area contributed by atoms with Crippen LogP contribution in [0, 0.1) is 0 Å². The molecule has 21 heavy (non-hydrogen) atoms. The molecule has 6 heteroatoms. The van der Waals surface area contributed by atoms with E-state index in [1.807, 2.05) is 13.0 Å². The molecule has 0 radical (unpaired) electrons. The first-order chi connectivity index (χ1) is 10.0. The molecule has 0 saturated carbocycles. The van der Waals surface area contributed by atoms with Crippen LogP contribution in [0.15, 0.2) is 18.2 Å². The van der Waals surface area contributed by atoms with Gasteiger partial charge >= 0.3 is 0 Å². The molecule has 1 aromatic carbocycles. The lowest BCUT2D eigenvalue weighted by Gasteiger charge is -2.24. The Kier molecular flexibility index (Phi) is 5.48. The minimum Gasteiger partial charge on any atom is -0.344 e. The van der Waals surface area contributed by atoms with E-state index in [0.29, 0.717) is 36.0 Å². The molecule has 1 atom stereocenters. The first-order valence-corrected chi connectivity index (χ1v) is 7.79. The highest BCUT2D eigenvalue weighted by molar-refractivity contribution is 6.42. The van der Waals surface area contributed by atoms with E-state index in [4.69, 9.17) is 23.2 Å². The van der Waals surface area contributed by atoms with E-state index in [-0.39, 0.29) is 11.8 Å². The Morgan fingerprint density at radius 2 is 2.05 bits per heavy atom. The number of nitrogens with one attached hydrogen (secondary N) is 1. The van der Waals surface area contributed by atoms with Gasteiger partial charge in [-0.15, -0.1) is 0 Å². The summed E-state index contributed by atoms with van der Waals surface area (Å²) in [7, 11) is 0. The number of hydrogen-bond acceptors (Lipinski definition) is 2. The Hall–Kier alpha value is -1.26. The second-order valence-corrected chi connectivity index (χ2v) is 5.98. The fourth-order valence-electron chi connectivity index (χ4n) is 2.39. The number of rotatable bonds is 4. The van der Waals surface area contributed by atoms with Crippen molar-refractivity contribution in [2.24, 2.45) is 0 Å². The molecule has 0 aliphatic carbocycles. The Balaban J connectivity index is 2.14. The maximum Gasteiger partial charge on any atom is 0.245 e. The molecule has 2 amide bonds. The summed E-state index contributed by atoms with van der Waals surface area (Å²) in [5, 5.41) is 3.75. The predicted octanol–water partition coefficient (Wildman–Crippen LogP) is 3.01. The van der Waals surface area contributed by atoms with Gasteiger partial charge in [-0.1, -0.05) is 42.6 Å². The van der Waals surface area contributed by atoms with E-state index in [0.717, 1.165) is 12.0 Å². The smallest absolute Gasteiger partial charge is 0.245 e. The third-order valence-electron chi connectivity index (χ3n) is 3.49. The lowest BCUT2D eigenvalue weighted by atomic mass is 10.1. The average molecular weight is 329 g/mol. The second kappa shape index (κ2) is 7.14. The van der Waals surface area contributed by atoms with E-state index in [9.17, 15) is 9.59 Å². The highest BCUT2D eigenvalue weighted by Crippen LogP contribution is 2.23. The maximum absolute atomic E-state index is 12.5. The first kappa shape index (κ1) is 16.1. The number of amides is 2. The summed E-state index contributed by atoms with van der Waals surface area (Å²) < 4.78 is 0. The van der Waals surface area contributed by atoms with Crippen molar-refractivity contribution in [2.45, 2.75) is 38.8 Å². The van der Waals surface area contributed by atoms with Crippen molar-refractivity contribution in [3.05, 3.63) is 33.8 Å². The van der Waals surface area contributed by atoms with Crippen molar-refractivity contribution in [3.63, 3.8) is 0 Å². The van der Waals surface area contributed by atoms with Crippen LogP contribution < -0.4 is 5.32 Å². The molecule has 114 valence electrons. The number of benzene rings is 1. The average Bonchev–Trinajstić information content (AvgIpc) is 2.57. The fraction of sp³-hybridized carbons (Fsp3) is 0.467. The molecule has 1 aliphatic rings. The normalized spacial score (nSPS) is 19.4. The van der Waals surface area contributed by atoms with E-state index < -0.39 is 6.04 Å². The lowest BCUT2D eigenvalue weighted by Crippen LogP contribution is -2.44. The van der Waals surface area contributed by atoms with Gasteiger partial charge < -0.3 is 10.2 Å². The molecule has 1 aromatic rings. The van der Waals surface area contributed by atoms with Crippen molar-refractivity contribution < 1.29 is 9.59 Å². The van der Waals surface area contributed by atoms with Crippen LogP contribution in [0.5, 0.6) is 0 Å². The summed E-state index contributed by atoms with van der Waals surface area (Å²) in [6, 6.07) is 4.89. The zero-order chi connectivity index (χ0) is 15.4. The lowest BCUT2D eigenvalue weighted by molar-refractivity contribution is -0.134. The van der Waals surface area contributed by atoms with Crippen molar-refractivity contribution >= 4 is 35.0 Å². The molecule has 4 nitrogen and oxygen atoms in total. The van der Waals surface area contributed by atoms with Gasteiger partial charge in [0.1, 0.15) is 6.04 Å². The topological polar surface area (TPSA) is 49.4 Å². The van der Waals surface area contributed by atoms with Gasteiger partial charge in [0.05, 0.1) is 10.0 Å². The summed E-state index contributed by atoms with van der Waals surface area (Å²) in [5.41, 5.74) is 0.905. The van der Waals surface area contributed by atoms with Gasteiger partial charge in [0.2, 0.25) is 11.8 Å². The quantitative estimate of drug-likeness (QED) is 0.923. The molecule has 1 unspecified atom stereocenters. The molecule has 0 aromatic heterocycles. The minimum atomic E-state index is -0.423. The second-order valence-electron chi connectivity index (χ2n) is 5.17. The number of nitrogens with zero attached hydrogens (tertiary/aromatic N) is 1. The van der Waals surface area contributed by atoms with Crippen LogP contribution in [0.4, 0.5) is 0 Å². The number of carbonyl (C=O) groups excluding carboxylic acids is 2. The van der Waals surface area contributed by atoms with Gasteiger partial charge in [0.25, 0.3) is 0 Å². The SMILES string of the molecule is CCCC1NC(=O)CCN(Cc2ccc(Cl)c(Cl)c2)C1=O. The molecule has 1 aliphatic heterocycles. The summed E-state index contributed by atoms with van der Waals surface area (Å²) in [4.78, 5) is 25.9. The molecule has 1 saturated heterocycles. The third kappa shape index (κ3) is 4.11. The standard InChI is InChI=1S/C15H18Cl2N2O2/c1-2-3-13-15(21)19(7-6-14(20)18-13)9-10-4-5-11(16)12(17)8-10/h4-5,8,13H,2-3,6-7,9H2,1H3,(H,18,20). The van der Waals surface area contributed by atoms with Crippen LogP contribution >= 0.6 is 23.2 Å². The Labute approximate surface area is 134 Å². The molecular formula is C15H18Cl2N2O2. The highest BCUT2D eigenvalue weighted by Gasteiger charge is 2.29. The van der Waals surface area contributed by atoms with Crippen LogP contribution in [0.25, 0.3) is 0 Å². The Bertz CT molecular complexity index is 548. The van der Waals surface area contributed by atoms with Crippen LogP contribution in [-0.4, -0.2) is 29.3 Å². The van der Waals surface area contributed by atoms with Crippen LogP contribution in [0.1, 0.15) is 31.7 Å². The summed E-state index contributed by atoms with van der Waals surface area (Å²) in [6.45, 7) is 2.85. The molecular weight excluding hydrogens is 311 g/mol. The predicted molar refractivity (Wildman–Crippen MR) is 83.3 cm³/mol. The van der Waals surface area contributed by atoms with Gasteiger partial charge in [-0.25, -0.2) is 0 Å². The Morgan fingerprint density at radius 1 is 1.29 bits per heavy atom. The van der Waals surface area contributed by atoms with Crippen molar-refractivity contribution in [3.8, 4) is 0 Å². The fourth-order valence-corrected chi connectivity index (χ4v) is 2.72. The van der Waals surface area contributed by atoms with Crippen molar-refractivity contribution in [2.75, 3.05) is 6.54 Å². The van der Waals surface area contributed by atoms with Gasteiger partial charge in [-0.3, -0.25) is 9.59 Å². The molecule has 2 rings (SSSR count). The van der Waals surface area contributed by atoms with Crippen LogP contribution in [-0.2, 0) is 16.1 Å². The van der Waals surface area contributed by atoms with Gasteiger partial charge in [-0.05, 0) is 24.1 Å². The molecule has 0 spiro atoms. The summed E-state index contributed by atoms with van der Waals surface area (Å²) in [6.07, 6.45) is 1.83. The highest BCUT2D eigenvalue weighted by atomic mass is 35.5. The van der Waals surface area contributed by atoms with Gasteiger partial charge in [0.15, 0.2) is 0 Å². The van der Waals surface area contributed by atoms with Gasteiger partial charge in [0, 0.05) is 19.5 Å². The molecule has 1 heterocycles. The van der Waals surface area contributed by atoms with E-state index in [1.54, 1.807) is 17.0 Å². The first-order valence-electron chi connectivity index (χ1n) is 7.03. The molecule has 0 bridgehead atoms. The van der Waals surface area contributed by atoms with E-state index in [1.165, 1.54) is 0 Å². The number of hydrogen-bond donors (Lipinski definition) is 1. The number of halogens is 2.